The molecule has 7 heteroatoms. The van der Waals surface area contributed by atoms with Crippen molar-refractivity contribution in [2.75, 3.05) is 25.5 Å². The largest absolute Gasteiger partial charge is 0.495 e. The maximum Gasteiger partial charge on any atom is 0.259 e. The molecule has 2 heterocycles. The number of amides is 1. The zero-order valence-corrected chi connectivity index (χ0v) is 16.9. The van der Waals surface area contributed by atoms with Crippen LogP contribution in [0.25, 0.3) is 5.69 Å². The summed E-state index contributed by atoms with van der Waals surface area (Å²) in [5.74, 6) is 0.672. The molecule has 1 aliphatic rings. The number of nitrogens with zero attached hydrogens (tertiary/aromatic N) is 2. The zero-order valence-electron chi connectivity index (χ0n) is 16.2. The number of piperidine rings is 1. The number of aromatic nitrogens is 2. The molecule has 0 spiro atoms. The standard InChI is InChI=1S/C22H23ClN4O2/c1-29-20-5-3-2-4-19(20)26-22(28)18-14-25-27(17-8-6-16(23)7-9-17)21(18)15-10-12-24-13-11-15/h2-9,14-15,24H,10-13H2,1H3,(H,26,28). The normalized spacial score (nSPS) is 14.6. The Bertz CT molecular complexity index is 994. The summed E-state index contributed by atoms with van der Waals surface area (Å²) in [5.41, 5.74) is 3.04. The van der Waals surface area contributed by atoms with E-state index in [9.17, 15) is 4.79 Å². The Morgan fingerprint density at radius 2 is 1.90 bits per heavy atom. The van der Waals surface area contributed by atoms with E-state index >= 15 is 0 Å². The smallest absolute Gasteiger partial charge is 0.259 e. The number of carbonyl (C=O) groups excluding carboxylic acids is 1. The summed E-state index contributed by atoms with van der Waals surface area (Å²) in [6.45, 7) is 1.84. The van der Waals surface area contributed by atoms with Gasteiger partial charge in [0.25, 0.3) is 5.91 Å². The van der Waals surface area contributed by atoms with Crippen molar-refractivity contribution in [1.82, 2.24) is 15.1 Å². The van der Waals surface area contributed by atoms with Crippen LogP contribution in [0, 0.1) is 0 Å². The Balaban J connectivity index is 1.72. The van der Waals surface area contributed by atoms with Crippen LogP contribution < -0.4 is 15.4 Å². The summed E-state index contributed by atoms with van der Waals surface area (Å²) in [6.07, 6.45) is 3.55. The van der Waals surface area contributed by atoms with E-state index in [4.69, 9.17) is 16.3 Å². The molecule has 3 aromatic rings. The third-order valence-electron chi connectivity index (χ3n) is 5.20. The van der Waals surface area contributed by atoms with E-state index in [0.717, 1.165) is 37.3 Å². The molecule has 2 aromatic carbocycles. The molecule has 29 heavy (non-hydrogen) atoms. The second-order valence-electron chi connectivity index (χ2n) is 7.01. The minimum Gasteiger partial charge on any atom is -0.495 e. The lowest BCUT2D eigenvalue weighted by molar-refractivity contribution is 0.102. The molecule has 4 rings (SSSR count). The first-order chi connectivity index (χ1) is 14.2. The summed E-state index contributed by atoms with van der Waals surface area (Å²) >= 11 is 6.05. The van der Waals surface area contributed by atoms with Crippen LogP contribution in [-0.4, -0.2) is 35.9 Å². The SMILES string of the molecule is COc1ccccc1NC(=O)c1cnn(-c2ccc(Cl)cc2)c1C1CCNCC1. The van der Waals surface area contributed by atoms with Gasteiger partial charge in [0.1, 0.15) is 5.75 Å². The summed E-state index contributed by atoms with van der Waals surface area (Å²) in [4.78, 5) is 13.2. The van der Waals surface area contributed by atoms with Gasteiger partial charge in [-0.1, -0.05) is 23.7 Å². The van der Waals surface area contributed by atoms with Crippen molar-refractivity contribution in [2.24, 2.45) is 0 Å². The summed E-state index contributed by atoms with van der Waals surface area (Å²) in [7, 11) is 1.59. The Morgan fingerprint density at radius 3 is 2.62 bits per heavy atom. The summed E-state index contributed by atoms with van der Waals surface area (Å²) in [6, 6.07) is 14.9. The van der Waals surface area contributed by atoms with Crippen molar-refractivity contribution in [3.8, 4) is 11.4 Å². The van der Waals surface area contributed by atoms with E-state index in [-0.39, 0.29) is 11.8 Å². The van der Waals surface area contributed by atoms with Gasteiger partial charge in [0.2, 0.25) is 0 Å². The highest BCUT2D eigenvalue weighted by Gasteiger charge is 2.27. The maximum atomic E-state index is 13.2. The highest BCUT2D eigenvalue weighted by Crippen LogP contribution is 2.32. The summed E-state index contributed by atoms with van der Waals surface area (Å²) < 4.78 is 7.22. The summed E-state index contributed by atoms with van der Waals surface area (Å²) in [5, 5.41) is 11.6. The number of ether oxygens (including phenoxy) is 1. The van der Waals surface area contributed by atoms with Crippen molar-refractivity contribution in [2.45, 2.75) is 18.8 Å². The van der Waals surface area contributed by atoms with Crippen molar-refractivity contribution in [1.29, 1.82) is 0 Å². The first-order valence-electron chi connectivity index (χ1n) is 9.66. The van der Waals surface area contributed by atoms with Crippen LogP contribution in [0.3, 0.4) is 0 Å². The van der Waals surface area contributed by atoms with Crippen LogP contribution in [0.4, 0.5) is 5.69 Å². The molecule has 0 saturated carbocycles. The van der Waals surface area contributed by atoms with Crippen LogP contribution in [-0.2, 0) is 0 Å². The number of hydrogen-bond acceptors (Lipinski definition) is 4. The number of halogens is 1. The molecule has 1 aromatic heterocycles. The van der Waals surface area contributed by atoms with Crippen molar-refractivity contribution in [3.63, 3.8) is 0 Å². The molecule has 150 valence electrons. The highest BCUT2D eigenvalue weighted by atomic mass is 35.5. The van der Waals surface area contributed by atoms with Crippen LogP contribution >= 0.6 is 11.6 Å². The molecule has 6 nitrogen and oxygen atoms in total. The van der Waals surface area contributed by atoms with Crippen molar-refractivity contribution < 1.29 is 9.53 Å². The second-order valence-corrected chi connectivity index (χ2v) is 7.45. The fourth-order valence-electron chi connectivity index (χ4n) is 3.75. The second kappa shape index (κ2) is 8.68. The Morgan fingerprint density at radius 1 is 1.17 bits per heavy atom. The molecule has 0 aliphatic carbocycles. The number of rotatable bonds is 5. The first kappa shape index (κ1) is 19.5. The molecule has 1 amide bonds. The predicted molar refractivity (Wildman–Crippen MR) is 114 cm³/mol. The Hall–Kier alpha value is -2.83. The number of para-hydroxylation sites is 2. The zero-order chi connectivity index (χ0) is 20.2. The van der Waals surface area contributed by atoms with Gasteiger partial charge in [-0.2, -0.15) is 5.10 Å². The van der Waals surface area contributed by atoms with E-state index in [0.29, 0.717) is 22.0 Å². The van der Waals surface area contributed by atoms with E-state index in [2.05, 4.69) is 15.7 Å². The topological polar surface area (TPSA) is 68.2 Å². The van der Waals surface area contributed by atoms with Crippen LogP contribution in [0.2, 0.25) is 5.02 Å². The van der Waals surface area contributed by atoms with Crippen molar-refractivity contribution >= 4 is 23.2 Å². The van der Waals surface area contributed by atoms with E-state index in [1.54, 1.807) is 13.3 Å². The molecule has 0 atom stereocenters. The molecule has 0 unspecified atom stereocenters. The maximum absolute atomic E-state index is 13.2. The average molecular weight is 411 g/mol. The molecular formula is C22H23ClN4O2. The fraction of sp³-hybridized carbons (Fsp3) is 0.273. The van der Waals surface area contributed by atoms with E-state index in [1.807, 2.05) is 53.2 Å². The van der Waals surface area contributed by atoms with Gasteiger partial charge in [0, 0.05) is 10.9 Å². The lowest BCUT2D eigenvalue weighted by Gasteiger charge is -2.24. The highest BCUT2D eigenvalue weighted by molar-refractivity contribution is 6.30. The first-order valence-corrected chi connectivity index (χ1v) is 10.0. The van der Waals surface area contributed by atoms with Gasteiger partial charge < -0.3 is 15.4 Å². The number of hydrogen-bond donors (Lipinski definition) is 2. The van der Waals surface area contributed by atoms with Gasteiger partial charge in [0.15, 0.2) is 0 Å². The molecule has 0 bridgehead atoms. The monoisotopic (exact) mass is 410 g/mol. The van der Waals surface area contributed by atoms with Crippen molar-refractivity contribution in [3.05, 3.63) is 71.0 Å². The van der Waals surface area contributed by atoms with E-state index < -0.39 is 0 Å². The van der Waals surface area contributed by atoms with E-state index in [1.165, 1.54) is 0 Å². The van der Waals surface area contributed by atoms with Gasteiger partial charge in [-0.25, -0.2) is 4.68 Å². The molecule has 1 fully saturated rings. The van der Waals surface area contributed by atoms with Crippen LogP contribution in [0.1, 0.15) is 34.8 Å². The lowest BCUT2D eigenvalue weighted by atomic mass is 9.91. The van der Waals surface area contributed by atoms with Gasteiger partial charge >= 0.3 is 0 Å². The third-order valence-corrected chi connectivity index (χ3v) is 5.46. The minimum absolute atomic E-state index is 0.191. The number of anilines is 1. The average Bonchev–Trinajstić information content (AvgIpc) is 3.20. The molecule has 0 radical (unpaired) electrons. The number of benzene rings is 2. The quantitative estimate of drug-likeness (QED) is 0.659. The van der Waals surface area contributed by atoms with Gasteiger partial charge in [-0.15, -0.1) is 0 Å². The third kappa shape index (κ3) is 4.13. The minimum atomic E-state index is -0.191. The Labute approximate surface area is 174 Å². The molecule has 1 aliphatic heterocycles. The van der Waals surface area contributed by atoms with Gasteiger partial charge in [-0.05, 0) is 62.3 Å². The molecule has 2 N–H and O–H groups in total. The van der Waals surface area contributed by atoms with Gasteiger partial charge in [-0.3, -0.25) is 4.79 Å². The molecule has 1 saturated heterocycles. The molecular weight excluding hydrogens is 388 g/mol. The fourth-order valence-corrected chi connectivity index (χ4v) is 3.87. The number of nitrogens with one attached hydrogen (secondary N) is 2. The van der Waals surface area contributed by atoms with Gasteiger partial charge in [0.05, 0.1) is 35.9 Å². The number of carbonyl (C=O) groups is 1. The van der Waals surface area contributed by atoms with Crippen LogP contribution in [0.15, 0.2) is 54.7 Å². The number of methoxy groups -OCH3 is 1. The Kier molecular flexibility index (Phi) is 5.83. The predicted octanol–water partition coefficient (Wildman–Crippen LogP) is 4.25. The lowest BCUT2D eigenvalue weighted by Crippen LogP contribution is -2.29. The van der Waals surface area contributed by atoms with Crippen LogP contribution in [0.5, 0.6) is 5.75 Å².